The molecule has 3 N–H and O–H groups in total. The van der Waals surface area contributed by atoms with Gasteiger partial charge in [0.05, 0.1) is 17.0 Å². The molecule has 0 aliphatic carbocycles. The molecule has 32 heavy (non-hydrogen) atoms. The molecule has 3 aromatic rings. The summed E-state index contributed by atoms with van der Waals surface area (Å²) in [5.74, 6) is -0.00595. The van der Waals surface area contributed by atoms with Crippen molar-refractivity contribution in [2.24, 2.45) is 11.8 Å². The van der Waals surface area contributed by atoms with Crippen molar-refractivity contribution in [1.29, 1.82) is 0 Å². The quantitative estimate of drug-likeness (QED) is 0.419. The molecule has 0 amide bonds. The van der Waals surface area contributed by atoms with Gasteiger partial charge in [-0.3, -0.25) is 9.59 Å². The number of carbonyl (C=O) groups is 1. The van der Waals surface area contributed by atoms with Gasteiger partial charge in [-0.05, 0) is 62.3 Å². The number of nitrogens with zero attached hydrogens (tertiary/aromatic N) is 2. The summed E-state index contributed by atoms with van der Waals surface area (Å²) < 4.78 is 2.06. The number of halogens is 1. The van der Waals surface area contributed by atoms with E-state index in [4.69, 9.17) is 4.98 Å². The maximum absolute atomic E-state index is 11.8. The second-order valence-electron chi connectivity index (χ2n) is 8.59. The summed E-state index contributed by atoms with van der Waals surface area (Å²) in [6.45, 7) is 6.53. The van der Waals surface area contributed by atoms with E-state index in [9.17, 15) is 19.8 Å². The molecular weight excluding hydrogens is 430 g/mol. The molecule has 2 heterocycles. The third-order valence-electron chi connectivity index (χ3n) is 5.59. The zero-order valence-corrected chi connectivity index (χ0v) is 19.6. The number of benzene rings is 1. The zero-order chi connectivity index (χ0) is 22.5. The van der Waals surface area contributed by atoms with Gasteiger partial charge in [0.15, 0.2) is 0 Å². The normalized spacial score (nSPS) is 12.2. The number of carboxylic acid groups (broad SMARTS) is 1. The van der Waals surface area contributed by atoms with E-state index >= 15 is 0 Å². The highest BCUT2D eigenvalue weighted by Crippen LogP contribution is 2.27. The second-order valence-corrected chi connectivity index (χ2v) is 8.59. The highest BCUT2D eigenvalue weighted by molar-refractivity contribution is 5.85. The standard InChI is InChI=1S/C24H31N3O4.ClH/c1-15(2)11-18(24(30)31)7-5-17-6-8-21-20(13-17)26-22(27(21)9-4-10-28)19-12-16(3)23(29)25-14-19;/h6,8,12-15,18,28H,4-5,7,9-11H2,1-3H3,(H,25,29)(H,30,31);1H/t18-;/m0./s1. The predicted octanol–water partition coefficient (Wildman–Crippen LogP) is 4.18. The topological polar surface area (TPSA) is 108 Å². The van der Waals surface area contributed by atoms with E-state index in [2.05, 4.69) is 9.55 Å². The van der Waals surface area contributed by atoms with Crippen LogP contribution in [0, 0.1) is 18.8 Å². The number of fused-ring (bicyclic) bond motifs is 1. The van der Waals surface area contributed by atoms with Crippen LogP contribution in [0.1, 0.15) is 44.2 Å². The van der Waals surface area contributed by atoms with Crippen molar-refractivity contribution < 1.29 is 15.0 Å². The maximum atomic E-state index is 11.8. The summed E-state index contributed by atoms with van der Waals surface area (Å²) >= 11 is 0. The highest BCUT2D eigenvalue weighted by Gasteiger charge is 2.19. The van der Waals surface area contributed by atoms with Crippen LogP contribution < -0.4 is 5.56 Å². The van der Waals surface area contributed by atoms with Gasteiger partial charge in [0, 0.05) is 30.5 Å². The van der Waals surface area contributed by atoms with Crippen LogP contribution in [0.4, 0.5) is 0 Å². The molecule has 0 saturated carbocycles. The molecule has 0 radical (unpaired) electrons. The molecule has 0 bridgehead atoms. The van der Waals surface area contributed by atoms with Gasteiger partial charge in [-0.15, -0.1) is 12.4 Å². The molecule has 0 unspecified atom stereocenters. The number of aromatic amines is 1. The fraction of sp³-hybridized carbons (Fsp3) is 0.458. The van der Waals surface area contributed by atoms with Crippen molar-refractivity contribution >= 4 is 29.4 Å². The molecule has 174 valence electrons. The number of nitrogens with one attached hydrogen (secondary N) is 1. The summed E-state index contributed by atoms with van der Waals surface area (Å²) in [6.07, 6.45) is 4.20. The van der Waals surface area contributed by atoms with Crippen molar-refractivity contribution in [2.75, 3.05) is 6.61 Å². The van der Waals surface area contributed by atoms with E-state index in [1.807, 2.05) is 38.1 Å². The van der Waals surface area contributed by atoms with Crippen molar-refractivity contribution in [2.45, 2.75) is 53.0 Å². The van der Waals surface area contributed by atoms with E-state index in [0.29, 0.717) is 43.7 Å². The lowest BCUT2D eigenvalue weighted by molar-refractivity contribution is -0.142. The van der Waals surface area contributed by atoms with Crippen LogP contribution >= 0.6 is 12.4 Å². The maximum Gasteiger partial charge on any atom is 0.306 e. The molecule has 0 aliphatic heterocycles. The van der Waals surface area contributed by atoms with Gasteiger partial charge in [0.1, 0.15) is 5.82 Å². The number of aliphatic hydroxyl groups excluding tert-OH is 1. The van der Waals surface area contributed by atoms with E-state index in [0.717, 1.165) is 28.0 Å². The Bertz CT molecular complexity index is 1120. The third kappa shape index (κ3) is 5.99. The Morgan fingerprint density at radius 1 is 1.25 bits per heavy atom. The zero-order valence-electron chi connectivity index (χ0n) is 18.8. The number of pyridine rings is 1. The van der Waals surface area contributed by atoms with Crippen molar-refractivity contribution in [3.63, 3.8) is 0 Å². The van der Waals surface area contributed by atoms with Gasteiger partial charge in [0.2, 0.25) is 0 Å². The van der Waals surface area contributed by atoms with Crippen LogP contribution in [0.25, 0.3) is 22.4 Å². The summed E-state index contributed by atoms with van der Waals surface area (Å²) in [5, 5.41) is 18.8. The minimum absolute atomic E-state index is 0. The van der Waals surface area contributed by atoms with Gasteiger partial charge >= 0.3 is 5.97 Å². The van der Waals surface area contributed by atoms with Gasteiger partial charge < -0.3 is 19.8 Å². The first-order valence-electron chi connectivity index (χ1n) is 10.8. The molecule has 0 fully saturated rings. The SMILES string of the molecule is Cc1cc(-c2nc3cc(CC[C@@H](CC(C)C)C(=O)O)ccc3n2CCCO)c[nH]c1=O.Cl. The molecule has 7 nitrogen and oxygen atoms in total. The number of rotatable bonds is 10. The average molecular weight is 462 g/mol. The fourth-order valence-electron chi connectivity index (χ4n) is 3.99. The molecule has 2 aromatic heterocycles. The summed E-state index contributed by atoms with van der Waals surface area (Å²) in [4.78, 5) is 30.9. The van der Waals surface area contributed by atoms with Crippen LogP contribution in [0.15, 0.2) is 35.3 Å². The van der Waals surface area contributed by atoms with Gasteiger partial charge in [-0.1, -0.05) is 19.9 Å². The number of aliphatic hydroxyl groups is 1. The molecule has 1 aromatic carbocycles. The first-order chi connectivity index (χ1) is 14.8. The molecule has 0 spiro atoms. The van der Waals surface area contributed by atoms with Crippen molar-refractivity contribution in [1.82, 2.24) is 14.5 Å². The molecule has 1 atom stereocenters. The number of H-pyrrole nitrogens is 1. The minimum atomic E-state index is -0.737. The summed E-state index contributed by atoms with van der Waals surface area (Å²) in [6, 6.07) is 7.87. The number of carboxylic acids is 1. The Morgan fingerprint density at radius 2 is 2.00 bits per heavy atom. The molecule has 0 saturated heterocycles. The molecular formula is C24H32ClN3O4. The summed E-state index contributed by atoms with van der Waals surface area (Å²) in [7, 11) is 0. The van der Waals surface area contributed by atoms with Crippen molar-refractivity contribution in [3.8, 4) is 11.4 Å². The monoisotopic (exact) mass is 461 g/mol. The predicted molar refractivity (Wildman–Crippen MR) is 128 cm³/mol. The Labute approximate surface area is 193 Å². The number of aliphatic carboxylic acids is 1. The molecule has 8 heteroatoms. The van der Waals surface area contributed by atoms with Crippen LogP contribution in [-0.4, -0.2) is 37.3 Å². The second kappa shape index (κ2) is 11.3. The first kappa shape index (κ1) is 25.6. The van der Waals surface area contributed by atoms with E-state index in [-0.39, 0.29) is 30.5 Å². The Kier molecular flexibility index (Phi) is 9.04. The van der Waals surface area contributed by atoms with Crippen LogP contribution in [0.5, 0.6) is 0 Å². The Balaban J connectivity index is 0.00000363. The number of aryl methyl sites for hydroxylation is 3. The average Bonchev–Trinajstić information content (AvgIpc) is 3.08. The summed E-state index contributed by atoms with van der Waals surface area (Å²) in [5.41, 5.74) is 4.13. The Morgan fingerprint density at radius 3 is 2.62 bits per heavy atom. The number of imidazole rings is 1. The smallest absolute Gasteiger partial charge is 0.306 e. The fourth-order valence-corrected chi connectivity index (χ4v) is 3.99. The molecule has 3 rings (SSSR count). The number of hydrogen-bond acceptors (Lipinski definition) is 4. The van der Waals surface area contributed by atoms with Crippen molar-refractivity contribution in [3.05, 3.63) is 51.9 Å². The van der Waals surface area contributed by atoms with Gasteiger partial charge in [-0.2, -0.15) is 0 Å². The highest BCUT2D eigenvalue weighted by atomic mass is 35.5. The van der Waals surface area contributed by atoms with Crippen LogP contribution in [0.3, 0.4) is 0 Å². The lowest BCUT2D eigenvalue weighted by Crippen LogP contribution is -2.16. The van der Waals surface area contributed by atoms with Crippen LogP contribution in [-0.2, 0) is 17.8 Å². The van der Waals surface area contributed by atoms with E-state index in [1.165, 1.54) is 0 Å². The third-order valence-corrected chi connectivity index (χ3v) is 5.59. The minimum Gasteiger partial charge on any atom is -0.481 e. The number of hydrogen-bond donors (Lipinski definition) is 3. The molecule has 0 aliphatic rings. The Hall–Kier alpha value is -2.64. The number of aromatic nitrogens is 3. The van der Waals surface area contributed by atoms with Crippen LogP contribution in [0.2, 0.25) is 0 Å². The van der Waals surface area contributed by atoms with E-state index < -0.39 is 5.97 Å². The van der Waals surface area contributed by atoms with Gasteiger partial charge in [-0.25, -0.2) is 4.98 Å². The largest absolute Gasteiger partial charge is 0.481 e. The first-order valence-corrected chi connectivity index (χ1v) is 10.8. The van der Waals surface area contributed by atoms with Gasteiger partial charge in [0.25, 0.3) is 5.56 Å². The lowest BCUT2D eigenvalue weighted by atomic mass is 9.91. The lowest BCUT2D eigenvalue weighted by Gasteiger charge is -2.14. The van der Waals surface area contributed by atoms with E-state index in [1.54, 1.807) is 13.1 Å².